The van der Waals surface area contributed by atoms with Crippen molar-refractivity contribution in [3.8, 4) is 17.1 Å². The summed E-state index contributed by atoms with van der Waals surface area (Å²) >= 11 is 6.57. The Morgan fingerprint density at radius 1 is 1.14 bits per heavy atom. The summed E-state index contributed by atoms with van der Waals surface area (Å²) in [5, 5.41) is 0.590. The number of rotatable bonds is 3. The van der Waals surface area contributed by atoms with Crippen molar-refractivity contribution in [1.29, 1.82) is 0 Å². The minimum atomic E-state index is -0.315. The van der Waals surface area contributed by atoms with Crippen molar-refractivity contribution in [3.63, 3.8) is 0 Å². The molecule has 5 rings (SSSR count). The summed E-state index contributed by atoms with van der Waals surface area (Å²) in [5.41, 5.74) is 4.86. The van der Waals surface area contributed by atoms with Gasteiger partial charge < -0.3 is 4.74 Å². The standard InChI is InChI=1S/C23H19ClFN3O/c24-22-17(14-29-21-7-6-18(25)10-19(21)22)13-28-9-8-20-16(12-28)11-26-23(27-20)15-4-2-1-3-5-15/h1-7,10-11H,8-9,12-14H2. The van der Waals surface area contributed by atoms with Crippen molar-refractivity contribution in [3.05, 3.63) is 82.9 Å². The number of ether oxygens (including phenoxy) is 1. The highest BCUT2D eigenvalue weighted by Crippen LogP contribution is 2.36. The van der Waals surface area contributed by atoms with E-state index < -0.39 is 0 Å². The van der Waals surface area contributed by atoms with Crippen molar-refractivity contribution in [2.24, 2.45) is 0 Å². The zero-order valence-corrected chi connectivity index (χ0v) is 16.5. The van der Waals surface area contributed by atoms with Crippen molar-refractivity contribution in [2.75, 3.05) is 19.7 Å². The SMILES string of the molecule is Fc1ccc2c(c1)C(Cl)=C(CN1CCc3nc(-c4ccccc4)ncc3C1)CO2. The van der Waals surface area contributed by atoms with Crippen LogP contribution < -0.4 is 4.74 Å². The van der Waals surface area contributed by atoms with Gasteiger partial charge in [0.15, 0.2) is 5.82 Å². The van der Waals surface area contributed by atoms with Gasteiger partial charge in [0, 0.05) is 54.5 Å². The number of hydrogen-bond donors (Lipinski definition) is 0. The second-order valence-electron chi connectivity index (χ2n) is 7.34. The van der Waals surface area contributed by atoms with Crippen LogP contribution in [0.25, 0.3) is 16.4 Å². The van der Waals surface area contributed by atoms with Gasteiger partial charge in [0.2, 0.25) is 0 Å². The van der Waals surface area contributed by atoms with Crippen LogP contribution in [0.15, 0.2) is 60.3 Å². The molecule has 146 valence electrons. The van der Waals surface area contributed by atoms with E-state index in [9.17, 15) is 4.39 Å². The molecule has 2 aromatic carbocycles. The van der Waals surface area contributed by atoms with Crippen molar-refractivity contribution >= 4 is 16.6 Å². The van der Waals surface area contributed by atoms with E-state index in [0.29, 0.717) is 29.5 Å². The van der Waals surface area contributed by atoms with E-state index in [1.54, 1.807) is 6.07 Å². The molecular weight excluding hydrogens is 389 g/mol. The quantitative estimate of drug-likeness (QED) is 0.631. The molecule has 0 saturated heterocycles. The van der Waals surface area contributed by atoms with E-state index in [2.05, 4.69) is 9.88 Å². The summed E-state index contributed by atoms with van der Waals surface area (Å²) in [4.78, 5) is 11.6. The van der Waals surface area contributed by atoms with E-state index in [-0.39, 0.29) is 5.82 Å². The van der Waals surface area contributed by atoms with Crippen LogP contribution >= 0.6 is 11.6 Å². The molecule has 29 heavy (non-hydrogen) atoms. The number of halogens is 2. The minimum absolute atomic E-state index is 0.315. The molecule has 4 nitrogen and oxygen atoms in total. The molecule has 2 aliphatic heterocycles. The maximum atomic E-state index is 13.6. The third-order valence-electron chi connectivity index (χ3n) is 5.35. The Balaban J connectivity index is 1.35. The Morgan fingerprint density at radius 3 is 2.86 bits per heavy atom. The van der Waals surface area contributed by atoms with Gasteiger partial charge in [-0.25, -0.2) is 14.4 Å². The monoisotopic (exact) mass is 407 g/mol. The molecule has 0 bridgehead atoms. The lowest BCUT2D eigenvalue weighted by molar-refractivity contribution is 0.254. The molecule has 0 unspecified atom stereocenters. The van der Waals surface area contributed by atoms with Gasteiger partial charge in [-0.05, 0) is 18.2 Å². The first-order valence-corrected chi connectivity index (χ1v) is 9.98. The summed E-state index contributed by atoms with van der Waals surface area (Å²) in [5.74, 6) is 1.08. The Labute approximate surface area is 173 Å². The molecule has 6 heteroatoms. The van der Waals surface area contributed by atoms with Gasteiger partial charge in [-0.15, -0.1) is 0 Å². The van der Waals surface area contributed by atoms with Gasteiger partial charge >= 0.3 is 0 Å². The Kier molecular flexibility index (Phi) is 4.78. The first-order chi connectivity index (χ1) is 14.2. The van der Waals surface area contributed by atoms with Crippen molar-refractivity contribution in [2.45, 2.75) is 13.0 Å². The number of hydrogen-bond acceptors (Lipinski definition) is 4. The number of benzene rings is 2. The highest BCUT2D eigenvalue weighted by atomic mass is 35.5. The molecule has 0 fully saturated rings. The molecule has 3 aromatic rings. The van der Waals surface area contributed by atoms with Crippen molar-refractivity contribution in [1.82, 2.24) is 14.9 Å². The Hall–Kier alpha value is -2.76. The van der Waals surface area contributed by atoms with Gasteiger partial charge in [0.05, 0.1) is 10.7 Å². The fraction of sp³-hybridized carbons (Fsp3) is 0.217. The first-order valence-electron chi connectivity index (χ1n) is 9.60. The second kappa shape index (κ2) is 7.58. The van der Waals surface area contributed by atoms with Gasteiger partial charge in [-0.1, -0.05) is 41.9 Å². The molecule has 3 heterocycles. The van der Waals surface area contributed by atoms with Crippen molar-refractivity contribution < 1.29 is 9.13 Å². The summed E-state index contributed by atoms with van der Waals surface area (Å²) in [6, 6.07) is 14.5. The fourth-order valence-electron chi connectivity index (χ4n) is 3.84. The topological polar surface area (TPSA) is 38.2 Å². The summed E-state index contributed by atoms with van der Waals surface area (Å²) in [6.45, 7) is 2.73. The Morgan fingerprint density at radius 2 is 2.00 bits per heavy atom. The average molecular weight is 408 g/mol. The largest absolute Gasteiger partial charge is 0.488 e. The normalized spacial score (nSPS) is 16.2. The third-order valence-corrected chi connectivity index (χ3v) is 5.82. The van der Waals surface area contributed by atoms with E-state index in [0.717, 1.165) is 47.7 Å². The predicted octanol–water partition coefficient (Wildman–Crippen LogP) is 4.68. The fourth-order valence-corrected chi connectivity index (χ4v) is 4.10. The molecule has 0 atom stereocenters. The summed E-state index contributed by atoms with van der Waals surface area (Å²) in [6.07, 6.45) is 2.78. The lowest BCUT2D eigenvalue weighted by Crippen LogP contribution is -2.34. The zero-order chi connectivity index (χ0) is 19.8. The molecule has 0 N–H and O–H groups in total. The van der Waals surface area contributed by atoms with E-state index in [4.69, 9.17) is 21.3 Å². The van der Waals surface area contributed by atoms with Crippen LogP contribution in [0.1, 0.15) is 16.8 Å². The molecule has 0 amide bonds. The average Bonchev–Trinajstić information content (AvgIpc) is 2.76. The van der Waals surface area contributed by atoms with Crippen LogP contribution in [-0.2, 0) is 13.0 Å². The highest BCUT2D eigenvalue weighted by molar-refractivity contribution is 6.49. The van der Waals surface area contributed by atoms with Gasteiger partial charge in [0.1, 0.15) is 18.2 Å². The summed E-state index contributed by atoms with van der Waals surface area (Å²) < 4.78 is 19.4. The summed E-state index contributed by atoms with van der Waals surface area (Å²) in [7, 11) is 0. The Bertz CT molecular complexity index is 1100. The molecule has 0 saturated carbocycles. The molecular formula is C23H19ClFN3O. The maximum Gasteiger partial charge on any atom is 0.159 e. The van der Waals surface area contributed by atoms with E-state index in [1.165, 1.54) is 12.1 Å². The van der Waals surface area contributed by atoms with Gasteiger partial charge in [-0.2, -0.15) is 0 Å². The van der Waals surface area contributed by atoms with Gasteiger partial charge in [-0.3, -0.25) is 4.90 Å². The van der Waals surface area contributed by atoms with Crippen LogP contribution in [0.5, 0.6) is 5.75 Å². The van der Waals surface area contributed by atoms with E-state index in [1.807, 2.05) is 36.5 Å². The van der Waals surface area contributed by atoms with Crippen LogP contribution in [0.3, 0.4) is 0 Å². The highest BCUT2D eigenvalue weighted by Gasteiger charge is 2.24. The zero-order valence-electron chi connectivity index (χ0n) is 15.7. The molecule has 2 aliphatic rings. The van der Waals surface area contributed by atoms with Gasteiger partial charge in [0.25, 0.3) is 0 Å². The van der Waals surface area contributed by atoms with Crippen LogP contribution in [0.4, 0.5) is 4.39 Å². The van der Waals surface area contributed by atoms with Crippen LogP contribution in [0, 0.1) is 5.82 Å². The number of nitrogens with zero attached hydrogens (tertiary/aromatic N) is 3. The first kappa shape index (κ1) is 18.3. The van der Waals surface area contributed by atoms with E-state index >= 15 is 0 Å². The number of aromatic nitrogens is 2. The number of fused-ring (bicyclic) bond motifs is 2. The van der Waals surface area contributed by atoms with Crippen LogP contribution in [0.2, 0.25) is 0 Å². The maximum absolute atomic E-state index is 13.6. The molecule has 0 aliphatic carbocycles. The smallest absolute Gasteiger partial charge is 0.159 e. The van der Waals surface area contributed by atoms with Crippen LogP contribution in [-0.4, -0.2) is 34.6 Å². The lowest BCUT2D eigenvalue weighted by atomic mass is 10.0. The predicted molar refractivity (Wildman–Crippen MR) is 111 cm³/mol. The molecule has 1 aromatic heterocycles. The third kappa shape index (κ3) is 3.63. The second-order valence-corrected chi connectivity index (χ2v) is 7.72. The minimum Gasteiger partial charge on any atom is -0.488 e. The molecule has 0 spiro atoms. The molecule has 0 radical (unpaired) electrons. The lowest BCUT2D eigenvalue weighted by Gasteiger charge is -2.30.